The third-order valence-electron chi connectivity index (χ3n) is 7.06. The van der Waals surface area contributed by atoms with Crippen molar-refractivity contribution in [3.63, 3.8) is 0 Å². The van der Waals surface area contributed by atoms with Gasteiger partial charge in [-0.25, -0.2) is 15.0 Å². The molecule has 0 spiro atoms. The van der Waals surface area contributed by atoms with Gasteiger partial charge in [0.05, 0.1) is 18.0 Å². The number of hydrogen-bond acceptors (Lipinski definition) is 7. The summed E-state index contributed by atoms with van der Waals surface area (Å²) in [4.78, 5) is 13.8. The minimum atomic E-state index is -4.54. The van der Waals surface area contributed by atoms with Crippen LogP contribution in [-0.2, 0) is 33.9 Å². The van der Waals surface area contributed by atoms with Crippen molar-refractivity contribution in [3.8, 4) is 22.6 Å². The Kier molecular flexibility index (Phi) is 5.98. The zero-order valence-corrected chi connectivity index (χ0v) is 22.0. The van der Waals surface area contributed by atoms with Gasteiger partial charge in [0.15, 0.2) is 11.5 Å². The van der Waals surface area contributed by atoms with Crippen LogP contribution in [0.4, 0.5) is 24.7 Å². The summed E-state index contributed by atoms with van der Waals surface area (Å²) in [7, 11) is 4.96. The van der Waals surface area contributed by atoms with E-state index >= 15 is 0 Å². The minimum absolute atomic E-state index is 0.0865. The Morgan fingerprint density at radius 3 is 2.55 bits per heavy atom. The summed E-state index contributed by atoms with van der Waals surface area (Å²) in [5.41, 5.74) is 10.4. The smallest absolute Gasteiger partial charge is 0.398 e. The van der Waals surface area contributed by atoms with Crippen molar-refractivity contribution < 1.29 is 18.3 Å². The number of aliphatic imine (C=N–C) groups is 1. The van der Waals surface area contributed by atoms with Crippen LogP contribution in [0.25, 0.3) is 33.7 Å². The lowest BCUT2D eigenvalue weighted by atomic mass is 10.0. The number of halogens is 3. The van der Waals surface area contributed by atoms with Crippen molar-refractivity contribution in [3.05, 3.63) is 59.2 Å². The number of nitrogens with zero attached hydrogens (tertiary/aromatic N) is 8. The first-order valence-corrected chi connectivity index (χ1v) is 12.6. The Morgan fingerprint density at radius 1 is 1.10 bits per heavy atom. The van der Waals surface area contributed by atoms with Gasteiger partial charge in [0, 0.05) is 79.0 Å². The molecule has 1 aliphatic carbocycles. The Bertz CT molecular complexity index is 1790. The molecule has 4 aromatic heterocycles. The topological polar surface area (TPSA) is 125 Å². The number of nitrogen functional groups attached to an aromatic ring is 1. The third-order valence-corrected chi connectivity index (χ3v) is 7.06. The maximum absolute atomic E-state index is 13.3. The van der Waals surface area contributed by atoms with E-state index in [-0.39, 0.29) is 18.3 Å². The zero-order valence-electron chi connectivity index (χ0n) is 22.0. The van der Waals surface area contributed by atoms with Gasteiger partial charge in [-0.15, -0.1) is 0 Å². The average Bonchev–Trinajstić information content (AvgIpc) is 3.42. The number of aryl methyl sites for hydroxylation is 2. The van der Waals surface area contributed by atoms with E-state index in [1.54, 1.807) is 16.8 Å². The summed E-state index contributed by atoms with van der Waals surface area (Å²) in [5.74, 6) is 0.825. The van der Waals surface area contributed by atoms with Crippen LogP contribution in [0.1, 0.15) is 41.4 Å². The Labute approximate surface area is 226 Å². The number of imidazole rings is 1. The van der Waals surface area contributed by atoms with Gasteiger partial charge < -0.3 is 15.4 Å². The van der Waals surface area contributed by atoms with Crippen LogP contribution >= 0.6 is 0 Å². The largest absolute Gasteiger partial charge is 0.433 e. The molecule has 0 unspecified atom stereocenters. The maximum Gasteiger partial charge on any atom is 0.433 e. The Morgan fingerprint density at radius 2 is 1.88 bits per heavy atom. The van der Waals surface area contributed by atoms with Crippen LogP contribution in [0, 0.1) is 0 Å². The monoisotopic (exact) mass is 549 g/mol. The molecule has 206 valence electrons. The average molecular weight is 550 g/mol. The highest BCUT2D eigenvalue weighted by Gasteiger charge is 2.35. The molecule has 0 saturated heterocycles. The highest BCUT2D eigenvalue weighted by atomic mass is 19.4. The summed E-state index contributed by atoms with van der Waals surface area (Å²) in [5, 5.41) is 19.2. The molecule has 1 saturated carbocycles. The molecular formula is C27H26F3N9O. The normalized spacial score (nSPS) is 14.2. The quantitative estimate of drug-likeness (QED) is 0.238. The van der Waals surface area contributed by atoms with E-state index in [1.165, 1.54) is 13.3 Å². The van der Waals surface area contributed by atoms with Crippen molar-refractivity contribution in [1.29, 1.82) is 0 Å². The lowest BCUT2D eigenvalue weighted by Crippen LogP contribution is -2.11. The second-order valence-corrected chi connectivity index (χ2v) is 9.93. The van der Waals surface area contributed by atoms with Gasteiger partial charge in [0.2, 0.25) is 0 Å². The number of alkyl halides is 3. The van der Waals surface area contributed by atoms with Gasteiger partial charge in [-0.05, 0) is 25.0 Å². The first kappa shape index (κ1) is 25.7. The summed E-state index contributed by atoms with van der Waals surface area (Å²) >= 11 is 0. The number of rotatable bonds is 6. The van der Waals surface area contributed by atoms with Crippen molar-refractivity contribution in [2.75, 3.05) is 5.73 Å². The van der Waals surface area contributed by atoms with E-state index in [1.807, 2.05) is 37.0 Å². The molecule has 13 heteroatoms. The molecule has 40 heavy (non-hydrogen) atoms. The van der Waals surface area contributed by atoms with Crippen LogP contribution in [0.15, 0.2) is 41.5 Å². The number of pyridine rings is 1. The third kappa shape index (κ3) is 4.41. The van der Waals surface area contributed by atoms with Crippen molar-refractivity contribution >= 4 is 28.8 Å². The molecule has 1 aliphatic rings. The number of aromatic nitrogens is 7. The first-order chi connectivity index (χ1) is 19.0. The van der Waals surface area contributed by atoms with E-state index in [0.29, 0.717) is 45.2 Å². The van der Waals surface area contributed by atoms with E-state index < -0.39 is 11.9 Å². The lowest BCUT2D eigenvalue weighted by Gasteiger charge is -2.10. The van der Waals surface area contributed by atoms with Gasteiger partial charge >= 0.3 is 6.18 Å². The first-order valence-electron chi connectivity index (χ1n) is 12.6. The molecule has 0 radical (unpaired) electrons. The molecule has 0 aliphatic heterocycles. The fraction of sp³-hybridized carbons (Fsp3) is 0.296. The van der Waals surface area contributed by atoms with Crippen LogP contribution < -0.4 is 5.73 Å². The maximum atomic E-state index is 13.3. The molecule has 0 amide bonds. The molecule has 0 bridgehead atoms. The second-order valence-electron chi connectivity index (χ2n) is 9.93. The van der Waals surface area contributed by atoms with E-state index in [2.05, 4.69) is 20.2 Å². The molecule has 0 atom stereocenters. The van der Waals surface area contributed by atoms with Crippen LogP contribution in [0.2, 0.25) is 0 Å². The van der Waals surface area contributed by atoms with Crippen LogP contribution in [0.5, 0.6) is 0 Å². The van der Waals surface area contributed by atoms with E-state index in [9.17, 15) is 18.3 Å². The second kappa shape index (κ2) is 9.30. The van der Waals surface area contributed by atoms with Crippen molar-refractivity contribution in [1.82, 2.24) is 34.1 Å². The number of benzene rings is 1. The predicted octanol–water partition coefficient (Wildman–Crippen LogP) is 4.49. The highest BCUT2D eigenvalue weighted by Crippen LogP contribution is 2.46. The molecule has 1 aromatic carbocycles. The Balaban J connectivity index is 1.49. The molecule has 10 nitrogen and oxygen atoms in total. The summed E-state index contributed by atoms with van der Waals surface area (Å²) < 4.78 is 44.2. The minimum Gasteiger partial charge on any atom is -0.398 e. The van der Waals surface area contributed by atoms with Crippen LogP contribution in [-0.4, -0.2) is 45.4 Å². The number of nitrogens with two attached hydrogens (primary N) is 1. The summed E-state index contributed by atoms with van der Waals surface area (Å²) in [6.07, 6.45) is 0.738. The van der Waals surface area contributed by atoms with E-state index in [0.717, 1.165) is 34.7 Å². The standard InChI is InChI=1S/C27H26F3N9O/c1-37-12-15-9-17(20(13-40)33-25(15)36-37)26-34-23(24(38(26)2)14-7-8-14)16-5-4-6-19(31)18(16)11-32-22-10-21(27(28,29)30)39(3)35-22/h4-6,9-12,14,40H,7-8,13,31H2,1-3H3. The van der Waals surface area contributed by atoms with Gasteiger partial charge in [0.25, 0.3) is 0 Å². The summed E-state index contributed by atoms with van der Waals surface area (Å²) in [6, 6.07) is 8.18. The number of aliphatic hydroxyl groups is 1. The van der Waals surface area contributed by atoms with Gasteiger partial charge in [-0.1, -0.05) is 12.1 Å². The molecular weight excluding hydrogens is 523 g/mol. The molecule has 3 N–H and O–H groups in total. The predicted molar refractivity (Wildman–Crippen MR) is 144 cm³/mol. The van der Waals surface area contributed by atoms with Crippen molar-refractivity contribution in [2.45, 2.75) is 31.5 Å². The number of anilines is 1. The molecule has 5 aromatic rings. The van der Waals surface area contributed by atoms with Gasteiger partial charge in [-0.3, -0.25) is 9.36 Å². The van der Waals surface area contributed by atoms with Crippen molar-refractivity contribution in [2.24, 2.45) is 26.1 Å². The zero-order chi connectivity index (χ0) is 28.3. The van der Waals surface area contributed by atoms with Gasteiger partial charge in [-0.2, -0.15) is 23.4 Å². The SMILES string of the molecule is Cn1cc2cc(-c3nc(-c4cccc(N)c4C=Nc4cc(C(F)(F)F)n(C)n4)c(C4CC4)n3C)c(CO)nc2n1. The fourth-order valence-electron chi connectivity index (χ4n) is 5.04. The highest BCUT2D eigenvalue weighted by molar-refractivity contribution is 5.97. The number of fused-ring (bicyclic) bond motifs is 1. The Hall–Kier alpha value is -4.52. The van der Waals surface area contributed by atoms with E-state index in [4.69, 9.17) is 10.7 Å². The molecule has 4 heterocycles. The number of aliphatic hydroxyl groups excluding tert-OH is 1. The van der Waals surface area contributed by atoms with Gasteiger partial charge in [0.1, 0.15) is 11.5 Å². The molecule has 1 fully saturated rings. The number of hydrogen-bond donors (Lipinski definition) is 2. The lowest BCUT2D eigenvalue weighted by molar-refractivity contribution is -0.143. The molecule has 6 rings (SSSR count). The summed E-state index contributed by atoms with van der Waals surface area (Å²) in [6.45, 7) is -0.289. The van der Waals surface area contributed by atoms with Crippen LogP contribution in [0.3, 0.4) is 0 Å². The fourth-order valence-corrected chi connectivity index (χ4v) is 5.04.